The molecule has 2 atom stereocenters. The van der Waals surface area contributed by atoms with E-state index in [2.05, 4.69) is 22.5 Å². The third-order valence-corrected chi connectivity index (χ3v) is 4.39. The van der Waals surface area contributed by atoms with Gasteiger partial charge in [-0.25, -0.2) is 4.99 Å². The lowest BCUT2D eigenvalue weighted by Gasteiger charge is -2.29. The van der Waals surface area contributed by atoms with Gasteiger partial charge in [-0.05, 0) is 30.9 Å². The summed E-state index contributed by atoms with van der Waals surface area (Å²) in [6, 6.07) is 4.28. The zero-order chi connectivity index (χ0) is 17.4. The fourth-order valence-corrected chi connectivity index (χ4v) is 2.96. The SMILES string of the molecule is CC1CCCC(NC(=NCC(=O)N(C)C)NCCc2ccco2)C1.I. The fourth-order valence-electron chi connectivity index (χ4n) is 2.96. The predicted molar refractivity (Wildman–Crippen MR) is 111 cm³/mol. The van der Waals surface area contributed by atoms with Gasteiger partial charge in [0.2, 0.25) is 5.91 Å². The lowest BCUT2D eigenvalue weighted by Crippen LogP contribution is -2.46. The fraction of sp³-hybridized carbons (Fsp3) is 0.667. The van der Waals surface area contributed by atoms with Crippen LogP contribution < -0.4 is 10.6 Å². The van der Waals surface area contributed by atoms with Gasteiger partial charge in [0.05, 0.1) is 6.26 Å². The first-order valence-electron chi connectivity index (χ1n) is 8.82. The Hall–Kier alpha value is -1.25. The van der Waals surface area contributed by atoms with Gasteiger partial charge in [-0.15, -0.1) is 24.0 Å². The Morgan fingerprint density at radius 3 is 2.84 bits per heavy atom. The molecule has 1 heterocycles. The van der Waals surface area contributed by atoms with Gasteiger partial charge in [-0.3, -0.25) is 4.79 Å². The maximum absolute atomic E-state index is 11.8. The number of carbonyl (C=O) groups is 1. The maximum atomic E-state index is 11.8. The molecule has 1 amide bonds. The molecule has 6 nitrogen and oxygen atoms in total. The van der Waals surface area contributed by atoms with Crippen LogP contribution in [0, 0.1) is 5.92 Å². The number of rotatable bonds is 6. The maximum Gasteiger partial charge on any atom is 0.243 e. The zero-order valence-corrected chi connectivity index (χ0v) is 17.8. The van der Waals surface area contributed by atoms with Crippen molar-refractivity contribution in [2.24, 2.45) is 10.9 Å². The average Bonchev–Trinajstić information content (AvgIpc) is 3.05. The molecule has 0 saturated heterocycles. The molecule has 0 bridgehead atoms. The topological polar surface area (TPSA) is 69.9 Å². The van der Waals surface area contributed by atoms with Crippen LogP contribution in [0.4, 0.5) is 0 Å². The molecule has 1 aromatic heterocycles. The minimum Gasteiger partial charge on any atom is -0.469 e. The summed E-state index contributed by atoms with van der Waals surface area (Å²) in [6.45, 7) is 3.17. The Morgan fingerprint density at radius 2 is 2.20 bits per heavy atom. The Kier molecular flexibility index (Phi) is 9.92. The second kappa shape index (κ2) is 11.4. The molecule has 0 aliphatic heterocycles. The second-order valence-corrected chi connectivity index (χ2v) is 6.82. The monoisotopic (exact) mass is 462 g/mol. The van der Waals surface area contributed by atoms with Crippen LogP contribution in [0.3, 0.4) is 0 Å². The third-order valence-electron chi connectivity index (χ3n) is 4.39. The summed E-state index contributed by atoms with van der Waals surface area (Å²) in [6.07, 6.45) is 7.33. The number of hydrogen-bond acceptors (Lipinski definition) is 3. The van der Waals surface area contributed by atoms with Gasteiger partial charge in [0, 0.05) is 33.1 Å². The Morgan fingerprint density at radius 1 is 1.40 bits per heavy atom. The number of hydrogen-bond donors (Lipinski definition) is 2. The normalized spacial score (nSPS) is 20.5. The van der Waals surface area contributed by atoms with E-state index >= 15 is 0 Å². The predicted octanol–water partition coefficient (Wildman–Crippen LogP) is 2.64. The highest BCUT2D eigenvalue weighted by Gasteiger charge is 2.19. The van der Waals surface area contributed by atoms with E-state index in [1.807, 2.05) is 12.1 Å². The minimum atomic E-state index is -0.000790. The van der Waals surface area contributed by atoms with E-state index in [0.29, 0.717) is 6.04 Å². The molecule has 0 aromatic carbocycles. The smallest absolute Gasteiger partial charge is 0.243 e. The van der Waals surface area contributed by atoms with Crippen molar-refractivity contribution in [3.63, 3.8) is 0 Å². The standard InChI is InChI=1S/C18H30N4O2.HI/c1-14-6-4-7-15(12-14)21-18(20-13-17(23)22(2)3)19-10-9-16-8-5-11-24-16;/h5,8,11,14-15H,4,6-7,9-10,12-13H2,1-3H3,(H2,19,20,21);1H. The highest BCUT2D eigenvalue weighted by atomic mass is 127. The van der Waals surface area contributed by atoms with E-state index in [1.165, 1.54) is 12.8 Å². The summed E-state index contributed by atoms with van der Waals surface area (Å²) in [5.74, 6) is 2.40. The molecule has 142 valence electrons. The van der Waals surface area contributed by atoms with E-state index in [-0.39, 0.29) is 36.4 Å². The van der Waals surface area contributed by atoms with Crippen LogP contribution in [0.25, 0.3) is 0 Å². The Labute approximate surface area is 167 Å². The van der Waals surface area contributed by atoms with E-state index in [1.54, 1.807) is 25.3 Å². The van der Waals surface area contributed by atoms with Crippen molar-refractivity contribution >= 4 is 35.8 Å². The highest BCUT2D eigenvalue weighted by molar-refractivity contribution is 14.0. The number of furan rings is 1. The van der Waals surface area contributed by atoms with Crippen molar-refractivity contribution in [1.29, 1.82) is 0 Å². The van der Waals surface area contributed by atoms with Gasteiger partial charge in [-0.1, -0.05) is 19.8 Å². The van der Waals surface area contributed by atoms with Crippen LogP contribution in [-0.4, -0.2) is 50.0 Å². The summed E-state index contributed by atoms with van der Waals surface area (Å²) in [7, 11) is 3.50. The van der Waals surface area contributed by atoms with Gasteiger partial charge in [-0.2, -0.15) is 0 Å². The molecular formula is C18H31IN4O2. The van der Waals surface area contributed by atoms with Crippen molar-refractivity contribution in [3.8, 4) is 0 Å². The Balaban J connectivity index is 0.00000312. The summed E-state index contributed by atoms with van der Waals surface area (Å²) in [5, 5.41) is 6.82. The van der Waals surface area contributed by atoms with Crippen LogP contribution in [-0.2, 0) is 11.2 Å². The molecule has 1 aromatic rings. The van der Waals surface area contributed by atoms with E-state index < -0.39 is 0 Å². The number of nitrogens with zero attached hydrogens (tertiary/aromatic N) is 2. The summed E-state index contributed by atoms with van der Waals surface area (Å²) >= 11 is 0. The van der Waals surface area contributed by atoms with Crippen LogP contribution in [0.1, 0.15) is 38.4 Å². The molecule has 1 fully saturated rings. The number of aliphatic imine (C=N–C) groups is 1. The van der Waals surface area contributed by atoms with E-state index in [9.17, 15) is 4.79 Å². The molecule has 25 heavy (non-hydrogen) atoms. The molecule has 7 heteroatoms. The van der Waals surface area contributed by atoms with Crippen LogP contribution in [0.2, 0.25) is 0 Å². The van der Waals surface area contributed by atoms with Gasteiger partial charge < -0.3 is 20.0 Å². The first-order chi connectivity index (χ1) is 11.5. The molecule has 0 radical (unpaired) electrons. The molecule has 0 spiro atoms. The van der Waals surface area contributed by atoms with Crippen LogP contribution in [0.5, 0.6) is 0 Å². The number of amides is 1. The summed E-state index contributed by atoms with van der Waals surface area (Å²) in [5.41, 5.74) is 0. The number of carbonyl (C=O) groups excluding carboxylic acids is 1. The molecule has 1 aliphatic rings. The molecular weight excluding hydrogens is 431 g/mol. The van der Waals surface area contributed by atoms with Crippen molar-refractivity contribution in [2.45, 2.75) is 45.1 Å². The summed E-state index contributed by atoms with van der Waals surface area (Å²) < 4.78 is 5.35. The number of likely N-dealkylation sites (N-methyl/N-ethyl adjacent to an activating group) is 1. The summed E-state index contributed by atoms with van der Waals surface area (Å²) in [4.78, 5) is 17.8. The van der Waals surface area contributed by atoms with Crippen LogP contribution >= 0.6 is 24.0 Å². The molecule has 1 aliphatic carbocycles. The number of halogens is 1. The van der Waals surface area contributed by atoms with Crippen molar-refractivity contribution in [3.05, 3.63) is 24.2 Å². The average molecular weight is 462 g/mol. The van der Waals surface area contributed by atoms with Gasteiger partial charge in [0.15, 0.2) is 5.96 Å². The van der Waals surface area contributed by atoms with Gasteiger partial charge in [0.1, 0.15) is 12.3 Å². The quantitative estimate of drug-likeness (QED) is 0.388. The largest absolute Gasteiger partial charge is 0.469 e. The molecule has 2 unspecified atom stereocenters. The van der Waals surface area contributed by atoms with Gasteiger partial charge >= 0.3 is 0 Å². The molecule has 2 N–H and O–H groups in total. The third kappa shape index (κ3) is 8.11. The molecule has 2 rings (SSSR count). The number of nitrogens with one attached hydrogen (secondary N) is 2. The van der Waals surface area contributed by atoms with Crippen molar-refractivity contribution in [1.82, 2.24) is 15.5 Å². The van der Waals surface area contributed by atoms with Gasteiger partial charge in [0.25, 0.3) is 0 Å². The highest BCUT2D eigenvalue weighted by Crippen LogP contribution is 2.23. The minimum absolute atomic E-state index is 0. The number of guanidine groups is 1. The van der Waals surface area contributed by atoms with Crippen molar-refractivity contribution < 1.29 is 9.21 Å². The van der Waals surface area contributed by atoms with Crippen molar-refractivity contribution in [2.75, 3.05) is 27.2 Å². The van der Waals surface area contributed by atoms with Crippen LogP contribution in [0.15, 0.2) is 27.8 Å². The lowest BCUT2D eigenvalue weighted by atomic mass is 9.87. The van der Waals surface area contributed by atoms with E-state index in [4.69, 9.17) is 4.42 Å². The first kappa shape index (κ1) is 21.8. The zero-order valence-electron chi connectivity index (χ0n) is 15.5. The Bertz CT molecular complexity index is 531. The lowest BCUT2D eigenvalue weighted by molar-refractivity contribution is -0.127. The van der Waals surface area contributed by atoms with E-state index in [0.717, 1.165) is 43.4 Å². The first-order valence-corrected chi connectivity index (χ1v) is 8.82. The second-order valence-electron chi connectivity index (χ2n) is 6.82. The molecule has 1 saturated carbocycles.